The van der Waals surface area contributed by atoms with Crippen LogP contribution in [-0.2, 0) is 9.53 Å². The minimum absolute atomic E-state index is 0.235. The summed E-state index contributed by atoms with van der Waals surface area (Å²) in [6.07, 6.45) is 5.72. The molecule has 1 aliphatic heterocycles. The van der Waals surface area contributed by atoms with Crippen LogP contribution in [0.2, 0.25) is 0 Å². The number of hydrogen-bond donors (Lipinski definition) is 0. The lowest BCUT2D eigenvalue weighted by atomic mass is 10.2. The van der Waals surface area contributed by atoms with Crippen LogP contribution in [-0.4, -0.2) is 43.0 Å². The highest BCUT2D eigenvalue weighted by Crippen LogP contribution is 2.06. The lowest BCUT2D eigenvalue weighted by Gasteiger charge is -2.30. The van der Waals surface area contributed by atoms with Crippen molar-refractivity contribution in [2.24, 2.45) is 0 Å². The molecule has 0 saturated carbocycles. The van der Waals surface area contributed by atoms with Crippen LogP contribution in [0.25, 0.3) is 0 Å². The molecule has 0 N–H and O–H groups in total. The van der Waals surface area contributed by atoms with E-state index in [0.29, 0.717) is 13.2 Å². The molecule has 1 aliphatic rings. The standard InChI is InChI=1S/C10H15NO2/c1-3-5-11-6-7-13-10(8-11)9(12)4-2/h2,10H,3,5-8H2,1H3. The summed E-state index contributed by atoms with van der Waals surface area (Å²) in [6, 6.07) is 0. The molecule has 1 atom stereocenters. The van der Waals surface area contributed by atoms with Gasteiger partial charge in [0, 0.05) is 13.1 Å². The maximum Gasteiger partial charge on any atom is 0.235 e. The van der Waals surface area contributed by atoms with Crippen LogP contribution in [0.5, 0.6) is 0 Å². The van der Waals surface area contributed by atoms with E-state index in [-0.39, 0.29) is 5.78 Å². The van der Waals surface area contributed by atoms with Gasteiger partial charge in [-0.25, -0.2) is 0 Å². The highest BCUT2D eigenvalue weighted by atomic mass is 16.5. The quantitative estimate of drug-likeness (QED) is 0.463. The largest absolute Gasteiger partial charge is 0.367 e. The lowest BCUT2D eigenvalue weighted by Crippen LogP contribution is -2.45. The van der Waals surface area contributed by atoms with Gasteiger partial charge in [0.25, 0.3) is 0 Å². The number of rotatable bonds is 3. The maximum atomic E-state index is 11.1. The number of morpholine rings is 1. The van der Waals surface area contributed by atoms with Crippen molar-refractivity contribution in [2.45, 2.75) is 19.4 Å². The molecule has 1 fully saturated rings. The number of terminal acetylenes is 1. The van der Waals surface area contributed by atoms with Gasteiger partial charge in [-0.3, -0.25) is 9.69 Å². The average molecular weight is 181 g/mol. The summed E-state index contributed by atoms with van der Waals surface area (Å²) >= 11 is 0. The molecular weight excluding hydrogens is 166 g/mol. The molecule has 0 aromatic carbocycles. The third kappa shape index (κ3) is 2.83. The van der Waals surface area contributed by atoms with Crippen molar-refractivity contribution in [3.8, 4) is 12.3 Å². The van der Waals surface area contributed by atoms with E-state index in [1.165, 1.54) is 0 Å². The fourth-order valence-corrected chi connectivity index (χ4v) is 1.47. The summed E-state index contributed by atoms with van der Waals surface area (Å²) in [4.78, 5) is 13.3. The zero-order valence-corrected chi connectivity index (χ0v) is 7.95. The van der Waals surface area contributed by atoms with E-state index in [2.05, 4.69) is 17.7 Å². The zero-order chi connectivity index (χ0) is 9.68. The minimum atomic E-state index is -0.398. The molecule has 0 amide bonds. The average Bonchev–Trinajstić information content (AvgIpc) is 2.18. The molecule has 0 aliphatic carbocycles. The number of Topliss-reactive ketones (excluding diaryl/α,β-unsaturated/α-hetero) is 1. The van der Waals surface area contributed by atoms with Crippen LogP contribution >= 0.6 is 0 Å². The number of ether oxygens (including phenoxy) is 1. The van der Waals surface area contributed by atoms with Crippen LogP contribution in [0.3, 0.4) is 0 Å². The van der Waals surface area contributed by atoms with Crippen molar-refractivity contribution >= 4 is 5.78 Å². The van der Waals surface area contributed by atoms with E-state index in [4.69, 9.17) is 11.2 Å². The minimum Gasteiger partial charge on any atom is -0.367 e. The third-order valence-electron chi connectivity index (χ3n) is 2.13. The monoisotopic (exact) mass is 181 g/mol. The molecule has 3 nitrogen and oxygen atoms in total. The fraction of sp³-hybridized carbons (Fsp3) is 0.700. The molecule has 1 rings (SSSR count). The molecule has 0 aromatic heterocycles. The first-order valence-electron chi connectivity index (χ1n) is 4.62. The summed E-state index contributed by atoms with van der Waals surface area (Å²) in [6.45, 7) is 5.29. The van der Waals surface area contributed by atoms with Crippen molar-refractivity contribution in [1.29, 1.82) is 0 Å². The molecule has 1 saturated heterocycles. The summed E-state index contributed by atoms with van der Waals surface area (Å²) in [5.74, 6) is 1.87. The SMILES string of the molecule is C#CC(=O)C1CN(CCC)CCO1. The Balaban J connectivity index is 2.42. The van der Waals surface area contributed by atoms with E-state index in [1.54, 1.807) is 0 Å². The summed E-state index contributed by atoms with van der Waals surface area (Å²) in [5, 5.41) is 0. The van der Waals surface area contributed by atoms with E-state index in [0.717, 1.165) is 19.5 Å². The topological polar surface area (TPSA) is 29.5 Å². The Bertz CT molecular complexity index is 217. The molecule has 13 heavy (non-hydrogen) atoms. The lowest BCUT2D eigenvalue weighted by molar-refractivity contribution is -0.130. The van der Waals surface area contributed by atoms with Gasteiger partial charge in [0.05, 0.1) is 6.61 Å². The van der Waals surface area contributed by atoms with Crippen molar-refractivity contribution in [2.75, 3.05) is 26.2 Å². The van der Waals surface area contributed by atoms with Crippen molar-refractivity contribution in [3.63, 3.8) is 0 Å². The van der Waals surface area contributed by atoms with Gasteiger partial charge < -0.3 is 4.74 Å². The van der Waals surface area contributed by atoms with E-state index in [9.17, 15) is 4.79 Å². The van der Waals surface area contributed by atoms with Crippen molar-refractivity contribution in [3.05, 3.63) is 0 Å². The van der Waals surface area contributed by atoms with Crippen LogP contribution in [0.15, 0.2) is 0 Å². The van der Waals surface area contributed by atoms with Crippen molar-refractivity contribution in [1.82, 2.24) is 4.90 Å². The Labute approximate surface area is 79.1 Å². The Morgan fingerprint density at radius 3 is 3.15 bits per heavy atom. The van der Waals surface area contributed by atoms with Gasteiger partial charge in [-0.05, 0) is 18.9 Å². The van der Waals surface area contributed by atoms with Crippen molar-refractivity contribution < 1.29 is 9.53 Å². The molecule has 72 valence electrons. The Morgan fingerprint density at radius 1 is 1.77 bits per heavy atom. The second-order valence-electron chi connectivity index (χ2n) is 3.17. The molecule has 3 heteroatoms. The van der Waals surface area contributed by atoms with E-state index >= 15 is 0 Å². The van der Waals surface area contributed by atoms with Crippen LogP contribution in [0, 0.1) is 12.3 Å². The van der Waals surface area contributed by atoms with Gasteiger partial charge in [0.2, 0.25) is 5.78 Å². The smallest absolute Gasteiger partial charge is 0.235 e. The Kier molecular flexibility index (Phi) is 3.94. The molecule has 1 unspecified atom stereocenters. The van der Waals surface area contributed by atoms with Gasteiger partial charge in [0.15, 0.2) is 0 Å². The zero-order valence-electron chi connectivity index (χ0n) is 7.95. The maximum absolute atomic E-state index is 11.1. The van der Waals surface area contributed by atoms with Gasteiger partial charge >= 0.3 is 0 Å². The summed E-state index contributed by atoms with van der Waals surface area (Å²) < 4.78 is 5.27. The predicted octanol–water partition coefficient (Wildman–Crippen LogP) is 0.299. The van der Waals surface area contributed by atoms with Crippen LogP contribution < -0.4 is 0 Å². The van der Waals surface area contributed by atoms with Gasteiger partial charge in [-0.15, -0.1) is 6.42 Å². The number of ketones is 1. The second-order valence-corrected chi connectivity index (χ2v) is 3.17. The van der Waals surface area contributed by atoms with E-state index < -0.39 is 6.10 Å². The molecular formula is C10H15NO2. The normalized spacial score (nSPS) is 23.8. The predicted molar refractivity (Wildman–Crippen MR) is 50.3 cm³/mol. The Morgan fingerprint density at radius 2 is 2.54 bits per heavy atom. The van der Waals surface area contributed by atoms with Gasteiger partial charge in [-0.1, -0.05) is 6.92 Å². The first-order valence-corrected chi connectivity index (χ1v) is 4.62. The van der Waals surface area contributed by atoms with Gasteiger partial charge in [-0.2, -0.15) is 0 Å². The first-order chi connectivity index (χ1) is 6.27. The van der Waals surface area contributed by atoms with Gasteiger partial charge in [0.1, 0.15) is 6.10 Å². The fourth-order valence-electron chi connectivity index (χ4n) is 1.47. The summed E-state index contributed by atoms with van der Waals surface area (Å²) in [5.41, 5.74) is 0. The highest BCUT2D eigenvalue weighted by Gasteiger charge is 2.24. The number of nitrogens with zero attached hydrogens (tertiary/aromatic N) is 1. The number of hydrogen-bond acceptors (Lipinski definition) is 3. The molecule has 0 radical (unpaired) electrons. The molecule has 0 aromatic rings. The van der Waals surface area contributed by atoms with Crippen LogP contribution in [0.1, 0.15) is 13.3 Å². The number of carbonyl (C=O) groups is 1. The third-order valence-corrected chi connectivity index (χ3v) is 2.13. The summed E-state index contributed by atoms with van der Waals surface area (Å²) in [7, 11) is 0. The molecule has 0 spiro atoms. The van der Waals surface area contributed by atoms with Crippen LogP contribution in [0.4, 0.5) is 0 Å². The Hall–Kier alpha value is -0.850. The molecule has 0 bridgehead atoms. The number of carbonyl (C=O) groups excluding carboxylic acids is 1. The second kappa shape index (κ2) is 5.00. The highest BCUT2D eigenvalue weighted by molar-refractivity contribution is 5.98. The van der Waals surface area contributed by atoms with E-state index in [1.807, 2.05) is 0 Å². The first kappa shape index (κ1) is 10.2. The molecule has 1 heterocycles.